The Hall–Kier alpha value is -1.60. The zero-order valence-corrected chi connectivity index (χ0v) is 11.4. The number of likely N-dealkylation sites (N-methyl/N-ethyl adjacent to an activating group) is 1. The van der Waals surface area contributed by atoms with Crippen molar-refractivity contribution in [1.29, 1.82) is 0 Å². The molecule has 0 aliphatic carbocycles. The van der Waals surface area contributed by atoms with Crippen molar-refractivity contribution >= 4 is 0 Å². The van der Waals surface area contributed by atoms with Crippen LogP contribution in [0.1, 0.15) is 22.7 Å². The lowest BCUT2D eigenvalue weighted by Crippen LogP contribution is -2.22. The van der Waals surface area contributed by atoms with Gasteiger partial charge in [0, 0.05) is 6.04 Å². The topological polar surface area (TPSA) is 3.24 Å². The fraction of sp³-hybridized carbons (Fsp3) is 0.294. The molecule has 0 saturated heterocycles. The van der Waals surface area contributed by atoms with Gasteiger partial charge in [-0.25, -0.2) is 0 Å². The summed E-state index contributed by atoms with van der Waals surface area (Å²) in [6, 6.07) is 19.8. The molecule has 0 fully saturated rings. The summed E-state index contributed by atoms with van der Waals surface area (Å²) in [6.07, 6.45) is 1.05. The van der Waals surface area contributed by atoms with E-state index in [-0.39, 0.29) is 0 Å². The summed E-state index contributed by atoms with van der Waals surface area (Å²) in [5.41, 5.74) is 4.18. The van der Waals surface area contributed by atoms with Crippen LogP contribution in [0.5, 0.6) is 0 Å². The van der Waals surface area contributed by atoms with Gasteiger partial charge in [-0.1, -0.05) is 54.6 Å². The molecular formula is C17H21N. The number of aryl methyl sites for hydroxylation is 1. The van der Waals surface area contributed by atoms with E-state index >= 15 is 0 Å². The third kappa shape index (κ3) is 2.99. The van der Waals surface area contributed by atoms with E-state index in [9.17, 15) is 0 Å². The molecule has 1 nitrogen and oxygen atoms in total. The summed E-state index contributed by atoms with van der Waals surface area (Å²) >= 11 is 0. The summed E-state index contributed by atoms with van der Waals surface area (Å²) < 4.78 is 0. The van der Waals surface area contributed by atoms with Gasteiger partial charge in [-0.15, -0.1) is 0 Å². The molecule has 2 aromatic rings. The fourth-order valence-corrected chi connectivity index (χ4v) is 2.37. The number of hydrogen-bond donors (Lipinski definition) is 0. The number of nitrogens with zero attached hydrogens (tertiary/aromatic N) is 1. The van der Waals surface area contributed by atoms with Gasteiger partial charge in [-0.2, -0.15) is 0 Å². The average molecular weight is 239 g/mol. The predicted molar refractivity (Wildman–Crippen MR) is 77.8 cm³/mol. The molecule has 0 spiro atoms. The van der Waals surface area contributed by atoms with E-state index in [2.05, 4.69) is 80.5 Å². The zero-order chi connectivity index (χ0) is 13.0. The van der Waals surface area contributed by atoms with Crippen molar-refractivity contribution < 1.29 is 0 Å². The molecular weight excluding hydrogens is 218 g/mol. The van der Waals surface area contributed by atoms with E-state index in [4.69, 9.17) is 0 Å². The van der Waals surface area contributed by atoms with Gasteiger partial charge in [0.05, 0.1) is 0 Å². The summed E-state index contributed by atoms with van der Waals surface area (Å²) in [7, 11) is 4.31. The molecule has 0 amide bonds. The monoisotopic (exact) mass is 239 g/mol. The second kappa shape index (κ2) is 5.83. The molecule has 1 atom stereocenters. The molecule has 1 unspecified atom stereocenters. The molecule has 0 radical (unpaired) electrons. The molecule has 0 heterocycles. The predicted octanol–water partition coefficient (Wildman–Crippen LogP) is 3.84. The van der Waals surface area contributed by atoms with Crippen LogP contribution in [0, 0.1) is 6.92 Å². The van der Waals surface area contributed by atoms with Gasteiger partial charge in [-0.3, -0.25) is 0 Å². The zero-order valence-electron chi connectivity index (χ0n) is 11.4. The molecule has 18 heavy (non-hydrogen) atoms. The molecule has 2 rings (SSSR count). The van der Waals surface area contributed by atoms with Crippen molar-refractivity contribution in [1.82, 2.24) is 4.90 Å². The number of hydrogen-bond acceptors (Lipinski definition) is 1. The highest BCUT2D eigenvalue weighted by Crippen LogP contribution is 2.25. The largest absolute Gasteiger partial charge is 0.302 e. The highest BCUT2D eigenvalue weighted by Gasteiger charge is 2.16. The second-order valence-electron chi connectivity index (χ2n) is 5.03. The van der Waals surface area contributed by atoms with Gasteiger partial charge in [-0.05, 0) is 44.1 Å². The van der Waals surface area contributed by atoms with Crippen LogP contribution in [0.15, 0.2) is 54.6 Å². The van der Waals surface area contributed by atoms with Crippen LogP contribution in [-0.4, -0.2) is 19.0 Å². The van der Waals surface area contributed by atoms with E-state index in [0.717, 1.165) is 6.42 Å². The Labute approximate surface area is 110 Å². The Kier molecular flexibility index (Phi) is 4.16. The first kappa shape index (κ1) is 12.8. The standard InChI is InChI=1S/C17H21N/c1-14-9-7-8-12-16(14)17(18(2)3)13-15-10-5-4-6-11-15/h4-12,17H,13H2,1-3H3. The van der Waals surface area contributed by atoms with Gasteiger partial charge in [0.2, 0.25) is 0 Å². The molecule has 0 aromatic heterocycles. The Bertz CT molecular complexity index is 488. The fourth-order valence-electron chi connectivity index (χ4n) is 2.37. The van der Waals surface area contributed by atoms with E-state index in [1.807, 2.05) is 0 Å². The van der Waals surface area contributed by atoms with Crippen molar-refractivity contribution in [3.05, 3.63) is 71.3 Å². The maximum Gasteiger partial charge on any atom is 0.0384 e. The summed E-state index contributed by atoms with van der Waals surface area (Å²) in [5.74, 6) is 0. The first-order chi connectivity index (χ1) is 8.68. The van der Waals surface area contributed by atoms with E-state index in [0.29, 0.717) is 6.04 Å². The third-order valence-corrected chi connectivity index (χ3v) is 3.44. The minimum Gasteiger partial charge on any atom is -0.302 e. The Morgan fingerprint density at radius 1 is 0.889 bits per heavy atom. The lowest BCUT2D eigenvalue weighted by molar-refractivity contribution is 0.296. The molecule has 94 valence electrons. The van der Waals surface area contributed by atoms with Crippen LogP contribution < -0.4 is 0 Å². The van der Waals surface area contributed by atoms with Crippen LogP contribution in [0.4, 0.5) is 0 Å². The van der Waals surface area contributed by atoms with Crippen molar-refractivity contribution in [2.75, 3.05) is 14.1 Å². The first-order valence-corrected chi connectivity index (χ1v) is 6.44. The third-order valence-electron chi connectivity index (χ3n) is 3.44. The van der Waals surface area contributed by atoms with Crippen molar-refractivity contribution in [2.45, 2.75) is 19.4 Å². The SMILES string of the molecule is Cc1ccccc1C(Cc1ccccc1)N(C)C. The minimum absolute atomic E-state index is 0.439. The highest BCUT2D eigenvalue weighted by molar-refractivity contribution is 5.30. The molecule has 0 bridgehead atoms. The quantitative estimate of drug-likeness (QED) is 0.783. The van der Waals surface area contributed by atoms with Crippen LogP contribution >= 0.6 is 0 Å². The lowest BCUT2D eigenvalue weighted by Gasteiger charge is -2.26. The van der Waals surface area contributed by atoms with Crippen LogP contribution in [0.2, 0.25) is 0 Å². The molecule has 0 aliphatic heterocycles. The van der Waals surface area contributed by atoms with Crippen molar-refractivity contribution in [3.63, 3.8) is 0 Å². The molecule has 0 aliphatic rings. The van der Waals surface area contributed by atoms with Crippen LogP contribution in [0.25, 0.3) is 0 Å². The highest BCUT2D eigenvalue weighted by atomic mass is 15.1. The Morgan fingerprint density at radius 2 is 1.50 bits per heavy atom. The van der Waals surface area contributed by atoms with Crippen molar-refractivity contribution in [3.8, 4) is 0 Å². The van der Waals surface area contributed by atoms with Crippen molar-refractivity contribution in [2.24, 2.45) is 0 Å². The van der Waals surface area contributed by atoms with E-state index in [1.54, 1.807) is 0 Å². The molecule has 0 saturated carbocycles. The first-order valence-electron chi connectivity index (χ1n) is 6.44. The minimum atomic E-state index is 0.439. The van der Waals surface area contributed by atoms with Gasteiger partial charge in [0.25, 0.3) is 0 Å². The smallest absolute Gasteiger partial charge is 0.0384 e. The van der Waals surface area contributed by atoms with Gasteiger partial charge in [0.15, 0.2) is 0 Å². The molecule has 1 heteroatoms. The van der Waals surface area contributed by atoms with E-state index in [1.165, 1.54) is 16.7 Å². The average Bonchev–Trinajstić information content (AvgIpc) is 2.38. The normalized spacial score (nSPS) is 12.7. The maximum atomic E-state index is 2.30. The van der Waals surface area contributed by atoms with Gasteiger partial charge >= 0.3 is 0 Å². The maximum absolute atomic E-state index is 2.30. The van der Waals surface area contributed by atoms with E-state index < -0.39 is 0 Å². The van der Waals surface area contributed by atoms with Gasteiger partial charge < -0.3 is 4.90 Å². The molecule has 0 N–H and O–H groups in total. The van der Waals surface area contributed by atoms with Gasteiger partial charge in [0.1, 0.15) is 0 Å². The summed E-state index contributed by atoms with van der Waals surface area (Å²) in [6.45, 7) is 2.19. The lowest BCUT2D eigenvalue weighted by atomic mass is 9.95. The Morgan fingerprint density at radius 3 is 2.11 bits per heavy atom. The number of benzene rings is 2. The summed E-state index contributed by atoms with van der Waals surface area (Å²) in [5, 5.41) is 0. The Balaban J connectivity index is 2.27. The second-order valence-corrected chi connectivity index (χ2v) is 5.03. The summed E-state index contributed by atoms with van der Waals surface area (Å²) in [4.78, 5) is 2.30. The van der Waals surface area contributed by atoms with Crippen LogP contribution in [-0.2, 0) is 6.42 Å². The van der Waals surface area contributed by atoms with Crippen LogP contribution in [0.3, 0.4) is 0 Å². The molecule has 2 aromatic carbocycles. The number of rotatable bonds is 4.